The summed E-state index contributed by atoms with van der Waals surface area (Å²) >= 11 is 0. The van der Waals surface area contributed by atoms with Crippen molar-refractivity contribution in [3.05, 3.63) is 23.8 Å². The van der Waals surface area contributed by atoms with Crippen LogP contribution in [0.3, 0.4) is 0 Å². The van der Waals surface area contributed by atoms with Gasteiger partial charge in [-0.25, -0.2) is 0 Å². The minimum absolute atomic E-state index is 0.134. The van der Waals surface area contributed by atoms with Crippen molar-refractivity contribution in [1.29, 1.82) is 0 Å². The van der Waals surface area contributed by atoms with Gasteiger partial charge in [-0.05, 0) is 17.7 Å². The third-order valence-electron chi connectivity index (χ3n) is 1.51. The van der Waals surface area contributed by atoms with E-state index in [0.717, 1.165) is 0 Å². The van der Waals surface area contributed by atoms with Gasteiger partial charge in [-0.2, -0.15) is 0 Å². The maximum atomic E-state index is 9.11. The minimum Gasteiger partial charge on any atom is -0.493 e. The molecule has 1 N–H and O–H groups in total. The van der Waals surface area contributed by atoms with Crippen molar-refractivity contribution in [2.75, 3.05) is 14.2 Å². The lowest BCUT2D eigenvalue weighted by atomic mass is 10.2. The molecule has 0 radical (unpaired) electrons. The Balaban J connectivity index is 3.14. The van der Waals surface area contributed by atoms with E-state index in [9.17, 15) is 0 Å². The normalized spacial score (nSPS) is 13.2. The molecule has 1 aromatic rings. The van der Waals surface area contributed by atoms with Crippen molar-refractivity contribution in [3.8, 4) is 11.5 Å². The van der Waals surface area contributed by atoms with E-state index in [1.165, 1.54) is 26.4 Å². The van der Waals surface area contributed by atoms with Gasteiger partial charge in [-0.1, -0.05) is 6.07 Å². The second-order valence-corrected chi connectivity index (χ2v) is 2.18. The van der Waals surface area contributed by atoms with Crippen LogP contribution >= 0.6 is 0 Å². The first kappa shape index (κ1) is 6.31. The van der Waals surface area contributed by atoms with Gasteiger partial charge < -0.3 is 14.6 Å². The van der Waals surface area contributed by atoms with Gasteiger partial charge in [0.05, 0.1) is 23.5 Å². The first-order valence-corrected chi connectivity index (χ1v) is 3.44. The van der Waals surface area contributed by atoms with E-state index in [2.05, 4.69) is 0 Å². The van der Waals surface area contributed by atoms with Gasteiger partial charge in [0, 0.05) is 0 Å². The van der Waals surface area contributed by atoms with Gasteiger partial charge in [0.15, 0.2) is 11.5 Å². The van der Waals surface area contributed by atoms with Crippen molar-refractivity contribution >= 4 is 0 Å². The zero-order valence-electron chi connectivity index (χ0n) is 9.00. The Bertz CT molecular complexity index is 320. The summed E-state index contributed by atoms with van der Waals surface area (Å²) in [6.07, 6.45) is 0. The first-order valence-electron chi connectivity index (χ1n) is 4.44. The molecule has 0 saturated carbocycles. The quantitative estimate of drug-likeness (QED) is 0.740. The Labute approximate surface area is 74.4 Å². The predicted octanol–water partition coefficient (Wildman–Crippen LogP) is 1.20. The highest BCUT2D eigenvalue weighted by atomic mass is 16.5. The molecule has 0 heterocycles. The van der Waals surface area contributed by atoms with Gasteiger partial charge in [-0.3, -0.25) is 0 Å². The van der Waals surface area contributed by atoms with Crippen molar-refractivity contribution < 1.29 is 17.3 Å². The number of hydrogen-bond acceptors (Lipinski definition) is 3. The van der Waals surface area contributed by atoms with Crippen LogP contribution in [0.1, 0.15) is 8.30 Å². The number of rotatable bonds is 3. The molecular formula is C9H12O3. The molecule has 12 heavy (non-hydrogen) atoms. The average molecular weight is 170 g/mol. The van der Waals surface area contributed by atoms with Crippen LogP contribution in [0.2, 0.25) is 0 Å². The number of hydrogen-bond donors (Lipinski definition) is 1. The minimum atomic E-state index is -2.36. The number of benzene rings is 1. The second kappa shape index (κ2) is 3.97. The fourth-order valence-electron chi connectivity index (χ4n) is 0.906. The molecule has 0 spiro atoms. The van der Waals surface area contributed by atoms with Gasteiger partial charge >= 0.3 is 0 Å². The zero-order chi connectivity index (χ0) is 10.8. The van der Waals surface area contributed by atoms with E-state index in [4.69, 9.17) is 17.3 Å². The van der Waals surface area contributed by atoms with Crippen LogP contribution in [-0.4, -0.2) is 19.3 Å². The van der Waals surface area contributed by atoms with E-state index >= 15 is 0 Å². The van der Waals surface area contributed by atoms with Crippen molar-refractivity contribution in [2.45, 2.75) is 6.56 Å². The topological polar surface area (TPSA) is 38.7 Å². The van der Waals surface area contributed by atoms with Crippen LogP contribution in [0.25, 0.3) is 0 Å². The first-order chi connectivity index (χ1) is 6.49. The maximum Gasteiger partial charge on any atom is 0.161 e. The summed E-state index contributed by atoms with van der Waals surface area (Å²) in [7, 11) is 2.94. The molecule has 3 nitrogen and oxygen atoms in total. The summed E-state index contributed by atoms with van der Waals surface area (Å²) in [6, 6.07) is 4.39. The lowest BCUT2D eigenvalue weighted by Crippen LogP contribution is -1.92. The largest absolute Gasteiger partial charge is 0.493 e. The summed E-state index contributed by atoms with van der Waals surface area (Å²) in [6.45, 7) is -2.36. The highest BCUT2D eigenvalue weighted by Crippen LogP contribution is 2.27. The Kier molecular flexibility index (Phi) is 2.09. The Morgan fingerprint density at radius 2 is 2.00 bits per heavy atom. The standard InChI is InChI=1S/C9H12O3/c1-11-8-4-3-7(6-10)5-9(8)12-2/h3-5,10H,6H2,1-2H3/i6D2. The summed E-state index contributed by atoms with van der Waals surface area (Å²) in [4.78, 5) is 0. The van der Waals surface area contributed by atoms with Crippen molar-refractivity contribution in [1.82, 2.24) is 0 Å². The monoisotopic (exact) mass is 170 g/mol. The molecule has 1 rings (SSSR count). The molecule has 0 atom stereocenters. The van der Waals surface area contributed by atoms with Gasteiger partial charge in [0.2, 0.25) is 0 Å². The SMILES string of the molecule is [2H]C([2H])(O)c1ccc(OC)c(OC)c1. The highest BCUT2D eigenvalue weighted by molar-refractivity contribution is 5.42. The van der Waals surface area contributed by atoms with Crippen LogP contribution in [0, 0.1) is 0 Å². The van der Waals surface area contributed by atoms with Crippen LogP contribution in [0.5, 0.6) is 11.5 Å². The third kappa shape index (κ3) is 1.68. The van der Waals surface area contributed by atoms with E-state index in [-0.39, 0.29) is 5.56 Å². The summed E-state index contributed by atoms with van der Waals surface area (Å²) in [5.41, 5.74) is 0.134. The molecular weight excluding hydrogens is 156 g/mol. The lowest BCUT2D eigenvalue weighted by molar-refractivity contribution is 0.280. The molecule has 66 valence electrons. The molecule has 3 heteroatoms. The molecule has 0 fully saturated rings. The van der Waals surface area contributed by atoms with E-state index in [0.29, 0.717) is 11.5 Å². The molecule has 0 aliphatic heterocycles. The molecule has 0 amide bonds. The fraction of sp³-hybridized carbons (Fsp3) is 0.333. The molecule has 0 aliphatic carbocycles. The number of methoxy groups -OCH3 is 2. The molecule has 0 bridgehead atoms. The van der Waals surface area contributed by atoms with E-state index in [1.54, 1.807) is 6.07 Å². The van der Waals surface area contributed by atoms with Crippen LogP contribution in [-0.2, 0) is 6.56 Å². The van der Waals surface area contributed by atoms with Gasteiger partial charge in [0.1, 0.15) is 0 Å². The Morgan fingerprint density at radius 3 is 2.50 bits per heavy atom. The van der Waals surface area contributed by atoms with E-state index < -0.39 is 6.56 Å². The summed E-state index contributed by atoms with van der Waals surface area (Å²) < 4.78 is 24.1. The van der Waals surface area contributed by atoms with Crippen LogP contribution in [0.4, 0.5) is 0 Å². The fourth-order valence-corrected chi connectivity index (χ4v) is 0.906. The lowest BCUT2D eigenvalue weighted by Gasteiger charge is -2.07. The summed E-state index contributed by atoms with van der Waals surface area (Å²) in [5, 5.41) is 9.11. The van der Waals surface area contributed by atoms with Crippen molar-refractivity contribution in [2.24, 2.45) is 0 Å². The van der Waals surface area contributed by atoms with E-state index in [1.807, 2.05) is 0 Å². The van der Waals surface area contributed by atoms with Crippen molar-refractivity contribution in [3.63, 3.8) is 0 Å². The molecule has 0 saturated heterocycles. The van der Waals surface area contributed by atoms with Gasteiger partial charge in [0.25, 0.3) is 0 Å². The second-order valence-electron chi connectivity index (χ2n) is 2.18. The predicted molar refractivity (Wildman–Crippen MR) is 45.5 cm³/mol. The Hall–Kier alpha value is -1.22. The molecule has 1 aromatic carbocycles. The smallest absolute Gasteiger partial charge is 0.161 e. The number of aliphatic hydroxyl groups is 1. The zero-order valence-corrected chi connectivity index (χ0v) is 7.00. The average Bonchev–Trinajstić information content (AvgIpc) is 2.15. The van der Waals surface area contributed by atoms with Gasteiger partial charge in [-0.15, -0.1) is 0 Å². The van der Waals surface area contributed by atoms with Crippen LogP contribution < -0.4 is 9.47 Å². The highest BCUT2D eigenvalue weighted by Gasteiger charge is 2.02. The summed E-state index contributed by atoms with van der Waals surface area (Å²) in [5.74, 6) is 0.892. The van der Waals surface area contributed by atoms with Crippen LogP contribution in [0.15, 0.2) is 18.2 Å². The third-order valence-corrected chi connectivity index (χ3v) is 1.51. The molecule has 0 aliphatic rings. The number of ether oxygens (including phenoxy) is 2. The maximum absolute atomic E-state index is 9.11. The molecule has 0 unspecified atom stereocenters. The molecule has 0 aromatic heterocycles. The Morgan fingerprint density at radius 1 is 1.33 bits per heavy atom.